The van der Waals surface area contributed by atoms with E-state index in [0.29, 0.717) is 0 Å². The van der Waals surface area contributed by atoms with Crippen LogP contribution in [0.1, 0.15) is 29.8 Å². The van der Waals surface area contributed by atoms with Gasteiger partial charge in [-0.1, -0.05) is 17.7 Å². The summed E-state index contributed by atoms with van der Waals surface area (Å²) in [6, 6.07) is 6.49. The van der Waals surface area contributed by atoms with Gasteiger partial charge in [0, 0.05) is 20.1 Å². The maximum absolute atomic E-state index is 12.8. The largest absolute Gasteiger partial charge is 0.350 e. The molecule has 7 nitrogen and oxygen atoms in total. The van der Waals surface area contributed by atoms with Crippen molar-refractivity contribution in [3.05, 3.63) is 41.6 Å². The van der Waals surface area contributed by atoms with Crippen molar-refractivity contribution >= 4 is 21.7 Å². The Balaban J connectivity index is 2.46. The van der Waals surface area contributed by atoms with Crippen molar-refractivity contribution in [2.24, 2.45) is 7.05 Å². The highest BCUT2D eigenvalue weighted by Crippen LogP contribution is 2.25. The van der Waals surface area contributed by atoms with E-state index in [1.54, 1.807) is 31.3 Å². The van der Waals surface area contributed by atoms with E-state index >= 15 is 0 Å². The predicted octanol–water partition coefficient (Wildman–Crippen LogP) is 1.69. The van der Waals surface area contributed by atoms with Crippen LogP contribution in [-0.4, -0.2) is 37.2 Å². The number of carbonyl (C=O) groups is 1. The highest BCUT2D eigenvalue weighted by molar-refractivity contribution is 7.92. The monoisotopic (exact) mass is 350 g/mol. The number of nitrogens with zero attached hydrogens (tertiary/aromatic N) is 3. The van der Waals surface area contributed by atoms with Gasteiger partial charge in [-0.3, -0.25) is 13.8 Å². The lowest BCUT2D eigenvalue weighted by Gasteiger charge is -2.21. The first-order valence-electron chi connectivity index (χ1n) is 7.53. The highest BCUT2D eigenvalue weighted by Gasteiger charge is 2.28. The van der Waals surface area contributed by atoms with Gasteiger partial charge >= 0.3 is 0 Å². The van der Waals surface area contributed by atoms with E-state index in [1.807, 2.05) is 20.8 Å². The summed E-state index contributed by atoms with van der Waals surface area (Å²) in [5, 5.41) is 6.79. The molecule has 1 amide bonds. The van der Waals surface area contributed by atoms with E-state index in [9.17, 15) is 13.2 Å². The summed E-state index contributed by atoms with van der Waals surface area (Å²) in [6.45, 7) is 5.55. The second-order valence-electron chi connectivity index (χ2n) is 5.92. The van der Waals surface area contributed by atoms with Crippen LogP contribution in [-0.2, 0) is 17.1 Å². The van der Waals surface area contributed by atoms with Gasteiger partial charge in [-0.05, 0) is 32.9 Å². The molecular formula is C16H22N4O3S. The Kier molecular flexibility index (Phi) is 4.98. The maximum Gasteiger partial charge on any atom is 0.265 e. The molecule has 0 aliphatic carbocycles. The van der Waals surface area contributed by atoms with Crippen LogP contribution in [0.2, 0.25) is 0 Å². The number of benzene rings is 1. The molecule has 0 saturated carbocycles. The van der Waals surface area contributed by atoms with Crippen LogP contribution in [0.3, 0.4) is 0 Å². The van der Waals surface area contributed by atoms with Crippen LogP contribution in [0.5, 0.6) is 0 Å². The normalized spacial score (nSPS) is 11.6. The Bertz CT molecular complexity index is 839. The van der Waals surface area contributed by atoms with Crippen LogP contribution in [0.15, 0.2) is 35.4 Å². The minimum absolute atomic E-state index is 0.0652. The zero-order chi connectivity index (χ0) is 18.1. The van der Waals surface area contributed by atoms with Gasteiger partial charge in [-0.25, -0.2) is 8.42 Å². The minimum atomic E-state index is -3.79. The van der Waals surface area contributed by atoms with E-state index in [0.717, 1.165) is 9.87 Å². The summed E-state index contributed by atoms with van der Waals surface area (Å²) in [5.41, 5.74) is 1.18. The molecule has 0 atom stereocenters. The summed E-state index contributed by atoms with van der Waals surface area (Å²) in [7, 11) is -0.778. The molecule has 24 heavy (non-hydrogen) atoms. The van der Waals surface area contributed by atoms with Crippen molar-refractivity contribution in [3.8, 4) is 0 Å². The average Bonchev–Trinajstić information content (AvgIpc) is 2.88. The third kappa shape index (κ3) is 3.43. The van der Waals surface area contributed by atoms with Gasteiger partial charge in [0.15, 0.2) is 5.82 Å². The number of nitrogens with one attached hydrogen (secondary N) is 1. The second-order valence-corrected chi connectivity index (χ2v) is 7.89. The number of hydrogen-bond acceptors (Lipinski definition) is 4. The number of amides is 1. The quantitative estimate of drug-likeness (QED) is 0.889. The fourth-order valence-corrected chi connectivity index (χ4v) is 3.53. The number of aromatic nitrogens is 2. The molecule has 2 aromatic rings. The summed E-state index contributed by atoms with van der Waals surface area (Å²) < 4.78 is 28.1. The van der Waals surface area contributed by atoms with Gasteiger partial charge < -0.3 is 5.32 Å². The third-order valence-corrected chi connectivity index (χ3v) is 5.31. The van der Waals surface area contributed by atoms with Gasteiger partial charge in [0.1, 0.15) is 5.56 Å². The Labute approximate surface area is 142 Å². The number of aryl methyl sites for hydroxylation is 2. The lowest BCUT2D eigenvalue weighted by molar-refractivity contribution is 0.0944. The molecule has 0 aliphatic rings. The molecule has 1 aromatic carbocycles. The maximum atomic E-state index is 12.8. The summed E-state index contributed by atoms with van der Waals surface area (Å²) in [4.78, 5) is 12.5. The molecule has 0 bridgehead atoms. The molecule has 0 unspecified atom stereocenters. The summed E-state index contributed by atoms with van der Waals surface area (Å²) in [6.07, 6.45) is 1.37. The molecule has 0 saturated heterocycles. The van der Waals surface area contributed by atoms with E-state index in [2.05, 4.69) is 10.4 Å². The molecule has 0 aliphatic heterocycles. The van der Waals surface area contributed by atoms with Crippen LogP contribution < -0.4 is 9.62 Å². The topological polar surface area (TPSA) is 84.3 Å². The number of hydrogen-bond donors (Lipinski definition) is 1. The van der Waals surface area contributed by atoms with Crippen molar-refractivity contribution in [1.29, 1.82) is 0 Å². The SMILES string of the molecule is Cc1ccc(S(=O)(=O)N(C)c2c(C(=O)NC(C)C)cnn2C)cc1. The zero-order valence-corrected chi connectivity index (χ0v) is 15.3. The Morgan fingerprint density at radius 3 is 2.38 bits per heavy atom. The van der Waals surface area contributed by atoms with Gasteiger partial charge in [0.05, 0.1) is 11.1 Å². The van der Waals surface area contributed by atoms with Gasteiger partial charge in [0.25, 0.3) is 15.9 Å². The Morgan fingerprint density at radius 2 is 1.83 bits per heavy atom. The molecule has 1 aromatic heterocycles. The molecule has 2 rings (SSSR count). The Hall–Kier alpha value is -2.35. The first kappa shape index (κ1) is 18.0. The predicted molar refractivity (Wildman–Crippen MR) is 92.6 cm³/mol. The Morgan fingerprint density at radius 1 is 1.25 bits per heavy atom. The second kappa shape index (κ2) is 6.64. The van der Waals surface area contributed by atoms with Crippen molar-refractivity contribution in [3.63, 3.8) is 0 Å². The number of sulfonamides is 1. The van der Waals surface area contributed by atoms with Crippen LogP contribution in [0.4, 0.5) is 5.82 Å². The first-order valence-corrected chi connectivity index (χ1v) is 8.97. The zero-order valence-electron chi connectivity index (χ0n) is 14.4. The van der Waals surface area contributed by atoms with E-state index in [4.69, 9.17) is 0 Å². The standard InChI is InChI=1S/C16H22N4O3S/c1-11(2)18-15(21)14-10-17-19(4)16(14)20(5)24(22,23)13-8-6-12(3)7-9-13/h6-11H,1-5H3,(H,18,21). The lowest BCUT2D eigenvalue weighted by atomic mass is 10.2. The lowest BCUT2D eigenvalue weighted by Crippen LogP contribution is -2.34. The third-order valence-electron chi connectivity index (χ3n) is 3.55. The first-order chi connectivity index (χ1) is 11.1. The number of carbonyl (C=O) groups excluding carboxylic acids is 1. The van der Waals surface area contributed by atoms with Gasteiger partial charge in [0.2, 0.25) is 0 Å². The van der Waals surface area contributed by atoms with Crippen molar-refractivity contribution in [2.45, 2.75) is 31.7 Å². The molecule has 8 heteroatoms. The molecule has 0 fully saturated rings. The van der Waals surface area contributed by atoms with Crippen LogP contribution in [0.25, 0.3) is 0 Å². The highest BCUT2D eigenvalue weighted by atomic mass is 32.2. The molecule has 130 valence electrons. The van der Waals surface area contributed by atoms with E-state index in [1.165, 1.54) is 17.9 Å². The summed E-state index contributed by atoms with van der Waals surface area (Å²) in [5.74, 6) is -0.146. The van der Waals surface area contributed by atoms with E-state index < -0.39 is 10.0 Å². The molecule has 0 spiro atoms. The molecule has 0 radical (unpaired) electrons. The van der Waals surface area contributed by atoms with E-state index in [-0.39, 0.29) is 28.2 Å². The number of rotatable bonds is 5. The van der Waals surface area contributed by atoms with Gasteiger partial charge in [-0.15, -0.1) is 0 Å². The molecular weight excluding hydrogens is 328 g/mol. The van der Waals surface area contributed by atoms with Crippen molar-refractivity contribution in [1.82, 2.24) is 15.1 Å². The smallest absolute Gasteiger partial charge is 0.265 e. The van der Waals surface area contributed by atoms with Crippen molar-refractivity contribution < 1.29 is 13.2 Å². The molecule has 1 N–H and O–H groups in total. The average molecular weight is 350 g/mol. The summed E-state index contributed by atoms with van der Waals surface area (Å²) >= 11 is 0. The number of anilines is 1. The van der Waals surface area contributed by atoms with Crippen LogP contribution in [0, 0.1) is 6.92 Å². The van der Waals surface area contributed by atoms with Crippen LogP contribution >= 0.6 is 0 Å². The fraction of sp³-hybridized carbons (Fsp3) is 0.375. The van der Waals surface area contributed by atoms with Gasteiger partial charge in [-0.2, -0.15) is 5.10 Å². The fourth-order valence-electron chi connectivity index (χ4n) is 2.29. The minimum Gasteiger partial charge on any atom is -0.350 e. The van der Waals surface area contributed by atoms with Crippen molar-refractivity contribution in [2.75, 3.05) is 11.4 Å². The molecule has 1 heterocycles.